The van der Waals surface area contributed by atoms with E-state index in [4.69, 9.17) is 0 Å². The number of likely N-dealkylation sites (tertiary alicyclic amines) is 3. The molecule has 134 heavy (non-hydrogen) atoms. The Kier molecular flexibility index (Phi) is 47.0. The summed E-state index contributed by atoms with van der Waals surface area (Å²) in [4.78, 5) is 60.7. The number of aromatic nitrogens is 4. The predicted molar refractivity (Wildman–Crippen MR) is 575 cm³/mol. The molecule has 3 aromatic heterocycles. The third-order valence-corrected chi connectivity index (χ3v) is 34.8. The molecule has 1 aromatic carbocycles. The predicted octanol–water partition coefficient (Wildman–Crippen LogP) is 26.7. The van der Waals surface area contributed by atoms with Crippen molar-refractivity contribution in [2.24, 2.45) is 157 Å². The van der Waals surface area contributed by atoms with E-state index in [0.717, 1.165) is 216 Å². The lowest BCUT2D eigenvalue weighted by Crippen LogP contribution is -2.50. The van der Waals surface area contributed by atoms with Crippen LogP contribution in [-0.2, 0) is 24.4 Å². The highest BCUT2D eigenvalue weighted by atomic mass is 32.2. The van der Waals surface area contributed by atoms with Crippen LogP contribution in [0.1, 0.15) is 329 Å². The first-order valence-corrected chi connectivity index (χ1v) is 55.8. The Balaban J connectivity index is 0.000000269. The molecule has 18 heteroatoms. The molecule has 0 unspecified atom stereocenters. The van der Waals surface area contributed by atoms with Crippen LogP contribution in [0.3, 0.4) is 0 Å². The molecule has 4 aromatic rings. The number of nitrogens with zero attached hydrogens (tertiary/aromatic N) is 12. The normalized spacial score (nSPS) is 27.6. The van der Waals surface area contributed by atoms with E-state index >= 15 is 0 Å². The Morgan fingerprint density at radius 2 is 0.791 bits per heavy atom. The fraction of sp³-hybridized carbons (Fsp3) is 0.802. The van der Waals surface area contributed by atoms with Crippen molar-refractivity contribution in [3.63, 3.8) is 0 Å². The number of rotatable bonds is 14. The fourth-order valence-corrected chi connectivity index (χ4v) is 26.1. The molecule has 17 nitrogen and oxygen atoms in total. The van der Waals surface area contributed by atoms with Gasteiger partial charge in [0.05, 0.1) is 11.9 Å². The quantitative estimate of drug-likeness (QED) is 0.117. The number of amides is 3. The van der Waals surface area contributed by atoms with Crippen molar-refractivity contribution in [3.8, 4) is 0 Å². The maximum atomic E-state index is 12.0. The second kappa shape index (κ2) is 53.1. The molecule has 3 amide bonds. The Labute approximate surface area is 825 Å². The number of pyridine rings is 2. The van der Waals surface area contributed by atoms with Crippen molar-refractivity contribution in [1.82, 2.24) is 39.2 Å². The SMILES string of the molecule is CC.CC.CC(C)C(=O)N1CC[C@@H](C(C)C)C(C)(C)C1.CC(C)C(=O)N1C[C@H]2C[C@@H](C)[C@H](C)[C@H]2C1.CCC(=O)N1CC[C@@H](C(C)C)C(C)(C)C1.CC[C@@H]1CN(c2ccc(C)cn2)CC[C@H]1C(C)C.C[C@@H]1[C@H]2CN(S(C)(=O)=O)C[C@H]2C[C@H]1C.Cc1ccc(N2CC[C@@H](C(C)C)C(C)(C)C2)cc1.Cc1ccc(N2CC[C@@H](C(C)C)C(C)(C)C2)nc1.Cc1ccc(N2CC[C@@H](C)C(C)(C)C2)nn1. The number of fused-ring (bicyclic) bond motifs is 2. The minimum Gasteiger partial charge on any atom is -0.371 e. The van der Waals surface area contributed by atoms with Gasteiger partial charge in [0.2, 0.25) is 27.7 Å². The summed E-state index contributed by atoms with van der Waals surface area (Å²) in [6, 6.07) is 21.7. The number of carbonyl (C=O) groups is 3. The Morgan fingerprint density at radius 3 is 1.19 bits per heavy atom. The smallest absolute Gasteiger partial charge is 0.225 e. The van der Waals surface area contributed by atoms with Gasteiger partial charge in [0, 0.05) is 141 Å². The van der Waals surface area contributed by atoms with E-state index in [1.807, 2.05) is 92.6 Å². The number of hydrogen-bond donors (Lipinski definition) is 0. The van der Waals surface area contributed by atoms with Crippen LogP contribution in [0.25, 0.3) is 0 Å². The van der Waals surface area contributed by atoms with E-state index < -0.39 is 10.0 Å². The summed E-state index contributed by atoms with van der Waals surface area (Å²) in [5, 5.41) is 8.40. The van der Waals surface area contributed by atoms with Crippen LogP contribution in [-0.4, -0.2) is 176 Å². The number of anilines is 4. The third kappa shape index (κ3) is 34.0. The summed E-state index contributed by atoms with van der Waals surface area (Å²) < 4.78 is 24.4. The largest absolute Gasteiger partial charge is 0.371 e. The zero-order valence-corrected chi connectivity index (χ0v) is 94.6. The molecular formula is C116H206N12O5S. The maximum absolute atomic E-state index is 12.0. The van der Waals surface area contributed by atoms with Crippen LogP contribution >= 0.6 is 0 Å². The summed E-state index contributed by atoms with van der Waals surface area (Å²) >= 11 is 0. The lowest BCUT2D eigenvalue weighted by molar-refractivity contribution is -0.139. The van der Waals surface area contributed by atoms with E-state index in [0.29, 0.717) is 64.1 Å². The average Bonchev–Trinajstić information content (AvgIpc) is 1.62. The average molecular weight is 1880 g/mol. The molecule has 2 saturated carbocycles. The molecule has 0 bridgehead atoms. The highest BCUT2D eigenvalue weighted by molar-refractivity contribution is 7.88. The highest BCUT2D eigenvalue weighted by Gasteiger charge is 2.49. The molecule has 8 aliphatic heterocycles. The Hall–Kier alpha value is -5.88. The summed E-state index contributed by atoms with van der Waals surface area (Å²) in [7, 11) is -2.95. The maximum Gasteiger partial charge on any atom is 0.225 e. The van der Waals surface area contributed by atoms with Crippen LogP contribution in [0.5, 0.6) is 0 Å². The zero-order chi connectivity index (χ0) is 101. The van der Waals surface area contributed by atoms with Crippen molar-refractivity contribution >= 4 is 50.9 Å². The van der Waals surface area contributed by atoms with Gasteiger partial charge in [-0.2, -0.15) is 5.10 Å². The molecule has 0 spiro atoms. The van der Waals surface area contributed by atoms with Crippen molar-refractivity contribution in [3.05, 3.63) is 95.4 Å². The fourth-order valence-electron chi connectivity index (χ4n) is 25.2. The molecule has 11 heterocycles. The van der Waals surface area contributed by atoms with E-state index in [-0.39, 0.29) is 22.7 Å². The van der Waals surface area contributed by atoms with Crippen molar-refractivity contribution < 1.29 is 22.8 Å². The van der Waals surface area contributed by atoms with Crippen LogP contribution in [0.2, 0.25) is 0 Å². The highest BCUT2D eigenvalue weighted by Crippen LogP contribution is 2.50. The van der Waals surface area contributed by atoms with Gasteiger partial charge in [-0.1, -0.05) is 279 Å². The lowest BCUT2D eigenvalue weighted by Gasteiger charge is -2.47. The summed E-state index contributed by atoms with van der Waals surface area (Å²) in [5.41, 5.74) is 7.87. The minimum absolute atomic E-state index is 0.131. The molecule has 14 rings (SSSR count). The molecule has 2 aliphatic carbocycles. The lowest BCUT2D eigenvalue weighted by atomic mass is 9.68. The molecular weight excluding hydrogens is 1670 g/mol. The molecule has 0 radical (unpaired) electrons. The van der Waals surface area contributed by atoms with Gasteiger partial charge in [0.15, 0.2) is 5.82 Å². The molecule has 15 atom stereocenters. The van der Waals surface area contributed by atoms with Gasteiger partial charge in [-0.05, 0) is 272 Å². The standard InChI is InChI=1S/C17H27N.2C16H26N2.C14H27NO.C13H21N3.C13H23NO.C13H25NO.C10H19NO2S.2C2H6/c1-13(2)16-10-11-18(12-17(16,4)5)15-8-6-14(3)7-9-15;1-12(2)14-8-9-18(11-16(14,4)5)15-7-6-13(3)10-17-15;1-5-14-11-18(9-8-15(14)12(2)3)16-7-6-13(4)10-17-16;1-10(2)12-7-8-15(9-14(12,5)6)13(16)11(3)4;1-10-7-8-16(9-13(10,3)4)12-6-5-11(2)14-15-12;1-8(2)13(15)14-6-11-5-9(3)10(4)12(11)7-14;1-6-12(15)14-8-7-11(10(2)3)13(4,5)9-14;1-7-4-9-5-11(14(3,12)13)6-10(9)8(7)2;2*1-2/h6-9,13,16H,10-12H2,1-5H3;6-7,10,12,14H,8-9,11H2,1-5H3;6-7,10,12,14-15H,5,8-9,11H2,1-4H3;10-12H,7-9H2,1-6H3;5-6,10H,7-9H2,1-4H3;8-12H,5-7H2,1-4H3;10-11H,6-9H2,1-5H3;7-10H,4-6H2,1-3H3;2*1-2H3/t16-;14-;14-,15+;12-;10-;9-,10+,11-,12-;11-;7-,8+,9-,10-;;/m00101101../s1. The topological polar surface area (TPSA) is 163 Å². The van der Waals surface area contributed by atoms with Crippen LogP contribution in [0.4, 0.5) is 23.1 Å². The monoisotopic (exact) mass is 1880 g/mol. The van der Waals surface area contributed by atoms with Gasteiger partial charge in [-0.15, -0.1) is 5.10 Å². The van der Waals surface area contributed by atoms with Crippen LogP contribution < -0.4 is 19.6 Å². The number of sulfonamides is 1. The Bertz CT molecular complexity index is 4100. The van der Waals surface area contributed by atoms with Crippen LogP contribution in [0.15, 0.2) is 73.1 Å². The van der Waals surface area contributed by atoms with Crippen molar-refractivity contribution in [1.29, 1.82) is 0 Å². The molecule has 0 N–H and O–H groups in total. The number of benzene rings is 1. The first-order chi connectivity index (χ1) is 62.4. The van der Waals surface area contributed by atoms with Gasteiger partial charge < -0.3 is 34.3 Å². The van der Waals surface area contributed by atoms with Gasteiger partial charge in [-0.3, -0.25) is 14.4 Å². The van der Waals surface area contributed by atoms with E-state index in [9.17, 15) is 22.8 Å². The number of piperidine rings is 6. The van der Waals surface area contributed by atoms with E-state index in [1.54, 1.807) is 4.31 Å². The van der Waals surface area contributed by atoms with Gasteiger partial charge in [-0.25, -0.2) is 22.7 Å². The third-order valence-electron chi connectivity index (χ3n) is 33.5. The Morgan fingerprint density at radius 1 is 0.403 bits per heavy atom. The second-order valence-electron chi connectivity index (χ2n) is 48.6. The molecule has 8 saturated heterocycles. The van der Waals surface area contributed by atoms with E-state index in [2.05, 4.69) is 305 Å². The second-order valence-corrected chi connectivity index (χ2v) is 50.6. The number of hydrogen-bond acceptors (Lipinski definition) is 13. The van der Waals surface area contributed by atoms with Crippen molar-refractivity contribution in [2.45, 2.75) is 334 Å². The van der Waals surface area contributed by atoms with Gasteiger partial charge in [0.25, 0.3) is 0 Å². The number of carbonyl (C=O) groups excluding carboxylic acids is 3. The first kappa shape index (κ1) is 119. The molecule has 766 valence electrons. The number of aryl methyl sites for hydroxylation is 4. The summed E-state index contributed by atoms with van der Waals surface area (Å²) in [5.74, 6) is 19.9. The zero-order valence-electron chi connectivity index (χ0n) is 93.8. The summed E-state index contributed by atoms with van der Waals surface area (Å²) in [6.45, 7) is 104. The van der Waals surface area contributed by atoms with Gasteiger partial charge in [0.1, 0.15) is 11.6 Å². The summed E-state index contributed by atoms with van der Waals surface area (Å²) in [6.07, 6.45) is 17.2. The molecule has 10 aliphatic rings. The van der Waals surface area contributed by atoms with E-state index in [1.165, 1.54) is 93.2 Å². The minimum atomic E-state index is -2.95. The molecule has 10 fully saturated rings. The van der Waals surface area contributed by atoms with Crippen molar-refractivity contribution in [2.75, 3.05) is 131 Å². The van der Waals surface area contributed by atoms with Gasteiger partial charge >= 0.3 is 0 Å². The van der Waals surface area contributed by atoms with Crippen LogP contribution in [0, 0.1) is 185 Å². The first-order valence-electron chi connectivity index (χ1n) is 54.0.